The number of fused-ring (bicyclic) bond motifs is 2. The van der Waals surface area contributed by atoms with Gasteiger partial charge in [0, 0.05) is 12.1 Å². The van der Waals surface area contributed by atoms with Gasteiger partial charge in [0.25, 0.3) is 11.6 Å². The van der Waals surface area contributed by atoms with E-state index in [0.717, 1.165) is 5.56 Å². The number of hydrogen-bond acceptors (Lipinski definition) is 7. The molecule has 2 aliphatic heterocycles. The van der Waals surface area contributed by atoms with E-state index in [0.29, 0.717) is 30.5 Å². The minimum absolute atomic E-state index is 0.192. The van der Waals surface area contributed by atoms with Gasteiger partial charge in [0.2, 0.25) is 5.91 Å². The van der Waals surface area contributed by atoms with Crippen LogP contribution in [-0.4, -0.2) is 43.1 Å². The van der Waals surface area contributed by atoms with Crippen molar-refractivity contribution in [3.63, 3.8) is 0 Å². The van der Waals surface area contributed by atoms with Gasteiger partial charge in [-0.2, -0.15) is 0 Å². The molecule has 1 N–H and O–H groups in total. The number of nitro groups is 1. The summed E-state index contributed by atoms with van der Waals surface area (Å²) in [5.74, 6) is 0.682. The molecular formula is C21H21N3O7. The summed E-state index contributed by atoms with van der Waals surface area (Å²) < 4.78 is 16.5. The predicted molar refractivity (Wildman–Crippen MR) is 110 cm³/mol. The number of amides is 2. The van der Waals surface area contributed by atoms with Crippen LogP contribution in [0.1, 0.15) is 19.4 Å². The topological polar surface area (TPSA) is 120 Å². The number of non-ortho nitro benzene ring substituents is 1. The maximum atomic E-state index is 12.8. The first-order valence-corrected chi connectivity index (χ1v) is 9.67. The van der Waals surface area contributed by atoms with Crippen LogP contribution in [-0.2, 0) is 15.1 Å². The quantitative estimate of drug-likeness (QED) is 0.573. The van der Waals surface area contributed by atoms with Crippen LogP contribution < -0.4 is 24.4 Å². The maximum absolute atomic E-state index is 12.8. The van der Waals surface area contributed by atoms with Gasteiger partial charge >= 0.3 is 0 Å². The van der Waals surface area contributed by atoms with Crippen molar-refractivity contribution < 1.29 is 28.7 Å². The summed E-state index contributed by atoms with van der Waals surface area (Å²) >= 11 is 0. The molecule has 0 fully saturated rings. The van der Waals surface area contributed by atoms with Crippen molar-refractivity contribution in [1.82, 2.24) is 5.32 Å². The number of nitrogens with zero attached hydrogens (tertiary/aromatic N) is 2. The summed E-state index contributed by atoms with van der Waals surface area (Å²) in [4.78, 5) is 37.0. The van der Waals surface area contributed by atoms with Gasteiger partial charge in [0.15, 0.2) is 18.1 Å². The zero-order valence-corrected chi connectivity index (χ0v) is 17.0. The monoisotopic (exact) mass is 427 g/mol. The van der Waals surface area contributed by atoms with E-state index in [2.05, 4.69) is 5.32 Å². The lowest BCUT2D eigenvalue weighted by Gasteiger charge is -2.32. The molecule has 0 radical (unpaired) electrons. The van der Waals surface area contributed by atoms with Crippen LogP contribution in [0.5, 0.6) is 17.2 Å². The third-order valence-corrected chi connectivity index (χ3v) is 5.11. The molecule has 162 valence electrons. The average Bonchev–Trinajstić information content (AvgIpc) is 2.74. The number of nitrogens with one attached hydrogen (secondary N) is 1. The Labute approximate surface area is 177 Å². The van der Waals surface area contributed by atoms with E-state index in [9.17, 15) is 19.7 Å². The van der Waals surface area contributed by atoms with Crippen LogP contribution in [0.4, 0.5) is 11.4 Å². The Morgan fingerprint density at radius 3 is 2.55 bits per heavy atom. The lowest BCUT2D eigenvalue weighted by Crippen LogP contribution is -2.49. The Balaban J connectivity index is 1.53. The van der Waals surface area contributed by atoms with Crippen molar-refractivity contribution in [2.24, 2.45) is 0 Å². The second-order valence-electron chi connectivity index (χ2n) is 7.71. The molecule has 0 aliphatic carbocycles. The fraction of sp³-hybridized carbons (Fsp3) is 0.333. The first kappa shape index (κ1) is 20.5. The Hall–Kier alpha value is -3.82. The number of ether oxygens (including phenoxy) is 3. The zero-order chi connectivity index (χ0) is 22.2. The molecule has 0 saturated heterocycles. The summed E-state index contributed by atoms with van der Waals surface area (Å²) in [6, 6.07) is 9.38. The number of hydrogen-bond donors (Lipinski definition) is 1. The van der Waals surface area contributed by atoms with E-state index in [1.165, 1.54) is 23.1 Å². The van der Waals surface area contributed by atoms with Crippen LogP contribution >= 0.6 is 0 Å². The third kappa shape index (κ3) is 4.09. The summed E-state index contributed by atoms with van der Waals surface area (Å²) in [5, 5.41) is 14.0. The fourth-order valence-electron chi connectivity index (χ4n) is 3.51. The molecule has 2 aromatic rings. The fourth-order valence-corrected chi connectivity index (χ4v) is 3.51. The molecule has 0 spiro atoms. The maximum Gasteiger partial charge on any atom is 0.271 e. The van der Waals surface area contributed by atoms with Crippen molar-refractivity contribution >= 4 is 23.2 Å². The first-order valence-electron chi connectivity index (χ1n) is 9.67. The molecule has 31 heavy (non-hydrogen) atoms. The van der Waals surface area contributed by atoms with E-state index in [1.807, 2.05) is 26.0 Å². The minimum atomic E-state index is -0.770. The lowest BCUT2D eigenvalue weighted by atomic mass is 9.93. The standard InChI is InChI=1S/C21H21N3O7/c1-21(2,13-3-5-17-18(9-13)30-8-7-29-17)22-19(25)11-23-15-10-14(24(27)28)4-6-16(15)31-12-20(23)26/h3-6,9-10H,7-8,11-12H2,1-2H3,(H,22,25). The van der Waals surface area contributed by atoms with Gasteiger partial charge in [0.1, 0.15) is 25.5 Å². The number of carbonyl (C=O) groups excluding carboxylic acids is 2. The van der Waals surface area contributed by atoms with Gasteiger partial charge in [-0.25, -0.2) is 0 Å². The highest BCUT2D eigenvalue weighted by Gasteiger charge is 2.31. The van der Waals surface area contributed by atoms with Gasteiger partial charge in [0.05, 0.1) is 16.1 Å². The smallest absolute Gasteiger partial charge is 0.271 e. The second-order valence-corrected chi connectivity index (χ2v) is 7.71. The Bertz CT molecular complexity index is 1070. The van der Waals surface area contributed by atoms with Gasteiger partial charge in [-0.15, -0.1) is 0 Å². The molecule has 0 bridgehead atoms. The van der Waals surface area contributed by atoms with Gasteiger partial charge in [-0.1, -0.05) is 6.07 Å². The molecule has 2 aromatic carbocycles. The van der Waals surface area contributed by atoms with E-state index in [-0.39, 0.29) is 24.5 Å². The highest BCUT2D eigenvalue weighted by Crippen LogP contribution is 2.36. The Kier molecular flexibility index (Phi) is 5.14. The minimum Gasteiger partial charge on any atom is -0.486 e. The SMILES string of the molecule is CC(C)(NC(=O)CN1C(=O)COc2ccc([N+](=O)[O-])cc21)c1ccc2c(c1)OCCO2. The molecule has 0 atom stereocenters. The Morgan fingerprint density at radius 1 is 1.10 bits per heavy atom. The van der Waals surface area contributed by atoms with Crippen LogP contribution in [0.2, 0.25) is 0 Å². The van der Waals surface area contributed by atoms with Crippen molar-refractivity contribution in [2.45, 2.75) is 19.4 Å². The second kappa shape index (κ2) is 7.78. The highest BCUT2D eigenvalue weighted by atomic mass is 16.6. The summed E-state index contributed by atoms with van der Waals surface area (Å²) in [7, 11) is 0. The molecule has 2 aliphatic rings. The molecule has 0 unspecified atom stereocenters. The number of benzene rings is 2. The summed E-state index contributed by atoms with van der Waals surface area (Å²) in [6.07, 6.45) is 0. The van der Waals surface area contributed by atoms with Crippen molar-refractivity contribution in [2.75, 3.05) is 31.3 Å². The van der Waals surface area contributed by atoms with Crippen LogP contribution in [0.25, 0.3) is 0 Å². The van der Waals surface area contributed by atoms with E-state index >= 15 is 0 Å². The van der Waals surface area contributed by atoms with E-state index in [1.54, 1.807) is 6.07 Å². The van der Waals surface area contributed by atoms with Crippen LogP contribution in [0.15, 0.2) is 36.4 Å². The molecule has 0 aromatic heterocycles. The Morgan fingerprint density at radius 2 is 1.81 bits per heavy atom. The number of anilines is 1. The molecule has 10 nitrogen and oxygen atoms in total. The summed E-state index contributed by atoms with van der Waals surface area (Å²) in [6.45, 7) is 4.05. The average molecular weight is 427 g/mol. The van der Waals surface area contributed by atoms with Gasteiger partial charge in [-0.3, -0.25) is 24.6 Å². The summed E-state index contributed by atoms with van der Waals surface area (Å²) in [5.41, 5.74) is 0.0274. The van der Waals surface area contributed by atoms with Crippen molar-refractivity contribution in [3.05, 3.63) is 52.1 Å². The molecular weight excluding hydrogens is 406 g/mol. The molecule has 2 heterocycles. The highest BCUT2D eigenvalue weighted by molar-refractivity contribution is 6.02. The number of nitro benzene ring substituents is 1. The van der Waals surface area contributed by atoms with E-state index < -0.39 is 22.3 Å². The lowest BCUT2D eigenvalue weighted by molar-refractivity contribution is -0.384. The first-order chi connectivity index (χ1) is 14.7. The van der Waals surface area contributed by atoms with Gasteiger partial charge in [-0.05, 0) is 37.6 Å². The largest absolute Gasteiger partial charge is 0.486 e. The normalized spacial score (nSPS) is 15.0. The van der Waals surface area contributed by atoms with Gasteiger partial charge < -0.3 is 19.5 Å². The third-order valence-electron chi connectivity index (χ3n) is 5.11. The number of carbonyl (C=O) groups is 2. The van der Waals surface area contributed by atoms with Crippen molar-refractivity contribution in [3.8, 4) is 17.2 Å². The van der Waals surface area contributed by atoms with Crippen LogP contribution in [0, 0.1) is 10.1 Å². The molecule has 10 heteroatoms. The zero-order valence-electron chi connectivity index (χ0n) is 17.0. The van der Waals surface area contributed by atoms with Crippen LogP contribution in [0.3, 0.4) is 0 Å². The number of rotatable bonds is 5. The molecule has 0 saturated carbocycles. The molecule has 2 amide bonds. The van der Waals surface area contributed by atoms with Crippen molar-refractivity contribution in [1.29, 1.82) is 0 Å². The molecule has 4 rings (SSSR count). The van der Waals surface area contributed by atoms with E-state index in [4.69, 9.17) is 14.2 Å². The predicted octanol–water partition coefficient (Wildman–Crippen LogP) is 2.14.